The summed E-state index contributed by atoms with van der Waals surface area (Å²) in [4.78, 5) is 3.17. The Kier molecular flexibility index (Phi) is 3.33. The number of nitrogens with one attached hydrogen (secondary N) is 1. The highest BCUT2D eigenvalue weighted by Gasteiger charge is 2.03. The quantitative estimate of drug-likeness (QED) is 0.637. The Labute approximate surface area is 101 Å². The van der Waals surface area contributed by atoms with Crippen molar-refractivity contribution in [3.05, 3.63) is 48.4 Å². The van der Waals surface area contributed by atoms with Gasteiger partial charge < -0.3 is 9.40 Å². The second kappa shape index (κ2) is 4.91. The van der Waals surface area contributed by atoms with E-state index in [1.165, 1.54) is 5.39 Å². The number of H-pyrrole nitrogens is 1. The maximum atomic E-state index is 5.58. The molecular weight excluding hydrogens is 210 g/mol. The molecule has 2 heterocycles. The molecule has 17 heavy (non-hydrogen) atoms. The normalized spacial score (nSPS) is 10.1. The van der Waals surface area contributed by atoms with Crippen LogP contribution in [0.15, 0.2) is 47.0 Å². The van der Waals surface area contributed by atoms with E-state index in [-0.39, 0.29) is 0 Å². The predicted octanol–water partition coefficient (Wildman–Crippen LogP) is 4.76. The van der Waals surface area contributed by atoms with Crippen molar-refractivity contribution in [1.29, 1.82) is 0 Å². The van der Waals surface area contributed by atoms with Gasteiger partial charge in [-0.1, -0.05) is 13.8 Å². The van der Waals surface area contributed by atoms with E-state index in [9.17, 15) is 0 Å². The summed E-state index contributed by atoms with van der Waals surface area (Å²) < 4.78 is 5.58. The van der Waals surface area contributed by atoms with E-state index < -0.39 is 0 Å². The molecule has 0 aliphatic carbocycles. The fraction of sp³-hybridized carbons (Fsp3) is 0.200. The summed E-state index contributed by atoms with van der Waals surface area (Å²) >= 11 is 0. The van der Waals surface area contributed by atoms with Gasteiger partial charge in [0.15, 0.2) is 0 Å². The molecule has 88 valence electrons. The van der Waals surface area contributed by atoms with Crippen molar-refractivity contribution < 1.29 is 4.42 Å². The molecule has 1 N–H and O–H groups in total. The molecule has 3 rings (SSSR count). The van der Waals surface area contributed by atoms with Crippen LogP contribution in [0.3, 0.4) is 0 Å². The predicted molar refractivity (Wildman–Crippen MR) is 72.1 cm³/mol. The van der Waals surface area contributed by atoms with Crippen molar-refractivity contribution >= 4 is 10.9 Å². The summed E-state index contributed by atoms with van der Waals surface area (Å²) in [6, 6.07) is 12.3. The van der Waals surface area contributed by atoms with E-state index in [1.54, 1.807) is 0 Å². The van der Waals surface area contributed by atoms with E-state index in [4.69, 9.17) is 4.42 Å². The number of aryl methyl sites for hydroxylation is 1. The third kappa shape index (κ3) is 2.26. The van der Waals surface area contributed by atoms with Gasteiger partial charge in [-0.2, -0.15) is 0 Å². The van der Waals surface area contributed by atoms with Crippen LogP contribution in [0.25, 0.3) is 22.2 Å². The Morgan fingerprint density at radius 2 is 1.82 bits per heavy atom. The van der Waals surface area contributed by atoms with E-state index in [1.807, 2.05) is 39.1 Å². The average molecular weight is 227 g/mol. The number of furan rings is 1. The summed E-state index contributed by atoms with van der Waals surface area (Å²) in [6.45, 7) is 5.96. The minimum atomic E-state index is 0.926. The molecule has 0 bridgehead atoms. The molecule has 2 nitrogen and oxygen atoms in total. The lowest BCUT2D eigenvalue weighted by Crippen LogP contribution is -1.73. The first-order valence-corrected chi connectivity index (χ1v) is 5.97. The topological polar surface area (TPSA) is 28.9 Å². The van der Waals surface area contributed by atoms with E-state index in [2.05, 4.69) is 29.2 Å². The summed E-state index contributed by atoms with van der Waals surface area (Å²) in [7, 11) is 0. The van der Waals surface area contributed by atoms with Gasteiger partial charge in [-0.3, -0.25) is 0 Å². The van der Waals surface area contributed by atoms with Crippen LogP contribution >= 0.6 is 0 Å². The Hall–Kier alpha value is -1.96. The first-order valence-electron chi connectivity index (χ1n) is 5.97. The van der Waals surface area contributed by atoms with Gasteiger partial charge in [-0.25, -0.2) is 0 Å². The van der Waals surface area contributed by atoms with E-state index in [0.717, 1.165) is 22.6 Å². The standard InChI is InChI=1S/C13H11NO.C2H6/c1-9-2-5-13(15-9)11-3-4-12-10(8-11)6-7-14-12;1-2/h2-8,14H,1H3;1-2H3. The minimum Gasteiger partial charge on any atom is -0.461 e. The van der Waals surface area contributed by atoms with Crippen molar-refractivity contribution in [2.24, 2.45) is 0 Å². The number of hydrogen-bond donors (Lipinski definition) is 1. The molecule has 0 fully saturated rings. The Bertz CT molecular complexity index is 604. The zero-order chi connectivity index (χ0) is 12.3. The van der Waals surface area contributed by atoms with E-state index >= 15 is 0 Å². The number of benzene rings is 1. The van der Waals surface area contributed by atoms with Crippen molar-refractivity contribution in [2.75, 3.05) is 0 Å². The van der Waals surface area contributed by atoms with Crippen molar-refractivity contribution in [3.63, 3.8) is 0 Å². The highest BCUT2D eigenvalue weighted by atomic mass is 16.3. The van der Waals surface area contributed by atoms with E-state index in [0.29, 0.717) is 0 Å². The molecule has 2 aromatic heterocycles. The van der Waals surface area contributed by atoms with Crippen LogP contribution in [-0.4, -0.2) is 4.98 Å². The third-order valence-corrected chi connectivity index (χ3v) is 2.58. The maximum absolute atomic E-state index is 5.58. The first kappa shape index (κ1) is 11.5. The molecule has 0 unspecified atom stereocenters. The summed E-state index contributed by atoms with van der Waals surface area (Å²) in [6.07, 6.45) is 1.95. The van der Waals surface area contributed by atoms with Crippen LogP contribution in [0.2, 0.25) is 0 Å². The number of rotatable bonds is 1. The molecule has 0 amide bonds. The van der Waals surface area contributed by atoms with Crippen LogP contribution in [0.5, 0.6) is 0 Å². The van der Waals surface area contributed by atoms with Gasteiger partial charge in [0, 0.05) is 22.7 Å². The minimum absolute atomic E-state index is 0.926. The zero-order valence-corrected chi connectivity index (χ0v) is 10.4. The Morgan fingerprint density at radius 3 is 2.53 bits per heavy atom. The van der Waals surface area contributed by atoms with Crippen molar-refractivity contribution in [1.82, 2.24) is 4.98 Å². The van der Waals surface area contributed by atoms with Gasteiger partial charge in [-0.15, -0.1) is 0 Å². The number of fused-ring (bicyclic) bond motifs is 1. The van der Waals surface area contributed by atoms with Gasteiger partial charge in [0.1, 0.15) is 11.5 Å². The third-order valence-electron chi connectivity index (χ3n) is 2.58. The Balaban J connectivity index is 0.000000514. The number of aromatic amines is 1. The molecule has 1 aromatic carbocycles. The van der Waals surface area contributed by atoms with Gasteiger partial charge in [0.2, 0.25) is 0 Å². The zero-order valence-electron chi connectivity index (χ0n) is 10.4. The molecule has 3 aromatic rings. The Morgan fingerprint density at radius 1 is 1.00 bits per heavy atom. The molecule has 0 spiro atoms. The summed E-state index contributed by atoms with van der Waals surface area (Å²) in [5.74, 6) is 1.87. The molecule has 0 saturated carbocycles. The SMILES string of the molecule is CC.Cc1ccc(-c2ccc3[nH]ccc3c2)o1. The molecule has 2 heteroatoms. The first-order chi connectivity index (χ1) is 8.33. The average Bonchev–Trinajstić information content (AvgIpc) is 2.99. The monoisotopic (exact) mass is 227 g/mol. The molecular formula is C15H17NO. The van der Waals surface area contributed by atoms with Gasteiger partial charge in [-0.05, 0) is 43.3 Å². The maximum Gasteiger partial charge on any atom is 0.134 e. The number of hydrogen-bond acceptors (Lipinski definition) is 1. The van der Waals surface area contributed by atoms with Gasteiger partial charge >= 0.3 is 0 Å². The van der Waals surface area contributed by atoms with Crippen LogP contribution in [-0.2, 0) is 0 Å². The highest BCUT2D eigenvalue weighted by Crippen LogP contribution is 2.25. The van der Waals surface area contributed by atoms with Crippen LogP contribution in [0.4, 0.5) is 0 Å². The molecule has 0 aliphatic heterocycles. The second-order valence-electron chi connectivity index (χ2n) is 3.69. The number of aromatic nitrogens is 1. The second-order valence-corrected chi connectivity index (χ2v) is 3.69. The van der Waals surface area contributed by atoms with Crippen molar-refractivity contribution in [2.45, 2.75) is 20.8 Å². The smallest absolute Gasteiger partial charge is 0.134 e. The fourth-order valence-corrected chi connectivity index (χ4v) is 1.80. The van der Waals surface area contributed by atoms with Gasteiger partial charge in [0.25, 0.3) is 0 Å². The van der Waals surface area contributed by atoms with Gasteiger partial charge in [0.05, 0.1) is 0 Å². The lowest BCUT2D eigenvalue weighted by molar-refractivity contribution is 0.548. The lowest BCUT2D eigenvalue weighted by Gasteiger charge is -1.97. The molecule has 0 atom stereocenters. The summed E-state index contributed by atoms with van der Waals surface area (Å²) in [5, 5.41) is 1.21. The molecule has 0 aliphatic rings. The highest BCUT2D eigenvalue weighted by molar-refractivity contribution is 5.84. The fourth-order valence-electron chi connectivity index (χ4n) is 1.80. The largest absolute Gasteiger partial charge is 0.461 e. The van der Waals surface area contributed by atoms with Crippen molar-refractivity contribution in [3.8, 4) is 11.3 Å². The van der Waals surface area contributed by atoms with Crippen LogP contribution < -0.4 is 0 Å². The molecule has 0 saturated heterocycles. The summed E-state index contributed by atoms with van der Waals surface area (Å²) in [5.41, 5.74) is 2.28. The van der Waals surface area contributed by atoms with Crippen LogP contribution in [0.1, 0.15) is 19.6 Å². The lowest BCUT2D eigenvalue weighted by atomic mass is 10.1. The van der Waals surface area contributed by atoms with Crippen LogP contribution in [0, 0.1) is 6.92 Å². The molecule has 0 radical (unpaired) electrons.